The maximum atomic E-state index is 13.5. The quantitative estimate of drug-likeness (QED) is 0.387. The molecule has 35 heavy (non-hydrogen) atoms. The Kier molecular flexibility index (Phi) is 7.27. The van der Waals surface area contributed by atoms with Crippen molar-refractivity contribution >= 4 is 44.2 Å². The third kappa shape index (κ3) is 5.72. The lowest BCUT2D eigenvalue weighted by molar-refractivity contribution is -0.120. The largest absolute Gasteiger partial charge is 0.497 e. The Balaban J connectivity index is 1.63. The van der Waals surface area contributed by atoms with E-state index in [1.54, 1.807) is 43.5 Å². The van der Waals surface area contributed by atoms with Crippen LogP contribution >= 0.6 is 22.6 Å². The minimum atomic E-state index is -3.97. The zero-order chi connectivity index (χ0) is 25.2. The molecule has 0 aromatic heterocycles. The summed E-state index contributed by atoms with van der Waals surface area (Å²) in [6.45, 7) is 3.54. The number of hydrogen-bond donors (Lipinski definition) is 1. The fourth-order valence-electron chi connectivity index (χ4n) is 4.10. The Hall–Kier alpha value is -2.79. The van der Waals surface area contributed by atoms with Crippen molar-refractivity contribution in [3.05, 3.63) is 81.9 Å². The van der Waals surface area contributed by atoms with E-state index in [9.17, 15) is 13.2 Å². The maximum absolute atomic E-state index is 13.5. The molecule has 0 saturated carbocycles. The molecule has 1 amide bonds. The van der Waals surface area contributed by atoms with Gasteiger partial charge in [-0.15, -0.1) is 0 Å². The minimum Gasteiger partial charge on any atom is -0.497 e. The fourth-order valence-corrected chi connectivity index (χ4v) is 5.90. The molecule has 9 heteroatoms. The van der Waals surface area contributed by atoms with E-state index in [-0.39, 0.29) is 17.5 Å². The number of fused-ring (bicyclic) bond motifs is 1. The van der Waals surface area contributed by atoms with E-state index < -0.39 is 21.5 Å². The predicted molar refractivity (Wildman–Crippen MR) is 143 cm³/mol. The lowest BCUT2D eigenvalue weighted by atomic mass is 9.89. The molecule has 7 nitrogen and oxygen atoms in total. The molecule has 3 aromatic carbocycles. The van der Waals surface area contributed by atoms with Crippen molar-refractivity contribution in [2.24, 2.45) is 0 Å². The second kappa shape index (κ2) is 10.1. The Labute approximate surface area is 219 Å². The molecule has 4 rings (SSSR count). The van der Waals surface area contributed by atoms with Crippen molar-refractivity contribution in [1.82, 2.24) is 5.32 Å². The van der Waals surface area contributed by atoms with E-state index in [4.69, 9.17) is 9.47 Å². The number of hydrogen-bond acceptors (Lipinski definition) is 5. The lowest BCUT2D eigenvalue weighted by Gasteiger charge is -2.38. The normalized spacial score (nSPS) is 16.5. The fraction of sp³-hybridized carbons (Fsp3) is 0.269. The number of methoxy groups -OCH3 is 1. The zero-order valence-corrected chi connectivity index (χ0v) is 22.7. The summed E-state index contributed by atoms with van der Waals surface area (Å²) in [4.78, 5) is 13.4. The van der Waals surface area contributed by atoms with Gasteiger partial charge in [0.05, 0.1) is 23.7 Å². The minimum absolute atomic E-state index is 0.121. The number of carbonyl (C=O) groups excluding carboxylic acids is 1. The van der Waals surface area contributed by atoms with Gasteiger partial charge in [0.15, 0.2) is 0 Å². The first-order valence-electron chi connectivity index (χ1n) is 11.1. The van der Waals surface area contributed by atoms with E-state index in [0.29, 0.717) is 23.6 Å². The molecular weight excluding hydrogens is 579 g/mol. The number of halogens is 1. The molecule has 0 aliphatic carbocycles. The van der Waals surface area contributed by atoms with Crippen molar-refractivity contribution in [2.75, 3.05) is 18.0 Å². The molecular formula is C26H27IN2O5S. The van der Waals surface area contributed by atoms with Crippen LogP contribution in [0.25, 0.3) is 0 Å². The number of rotatable bonds is 7. The highest BCUT2D eigenvalue weighted by Gasteiger charge is 2.36. The van der Waals surface area contributed by atoms with Gasteiger partial charge in [0.25, 0.3) is 10.0 Å². The number of nitrogens with one attached hydrogen (secondary N) is 1. The molecule has 1 aliphatic heterocycles. The summed E-state index contributed by atoms with van der Waals surface area (Å²) in [7, 11) is -2.38. The van der Waals surface area contributed by atoms with Gasteiger partial charge in [-0.05, 0) is 85.0 Å². The Morgan fingerprint density at radius 1 is 1.11 bits per heavy atom. The van der Waals surface area contributed by atoms with Crippen LogP contribution in [0.4, 0.5) is 5.69 Å². The molecule has 1 heterocycles. The predicted octanol–water partition coefficient (Wildman–Crippen LogP) is 4.91. The molecule has 3 aromatic rings. The first-order chi connectivity index (χ1) is 16.6. The summed E-state index contributed by atoms with van der Waals surface area (Å²) in [6.07, 6.45) is 0.535. The highest BCUT2D eigenvalue weighted by atomic mass is 127. The van der Waals surface area contributed by atoms with Crippen LogP contribution in [0.2, 0.25) is 0 Å². The van der Waals surface area contributed by atoms with Gasteiger partial charge < -0.3 is 14.8 Å². The number of sulfonamides is 1. The van der Waals surface area contributed by atoms with Gasteiger partial charge in [-0.3, -0.25) is 9.10 Å². The molecule has 1 N–H and O–H groups in total. The Morgan fingerprint density at radius 2 is 1.80 bits per heavy atom. The molecule has 184 valence electrons. The molecule has 0 radical (unpaired) electrons. The number of anilines is 1. The van der Waals surface area contributed by atoms with Crippen LogP contribution in [-0.2, 0) is 14.8 Å². The van der Waals surface area contributed by atoms with Crippen LogP contribution in [-0.4, -0.2) is 33.6 Å². The van der Waals surface area contributed by atoms with Crippen molar-refractivity contribution in [2.45, 2.75) is 36.8 Å². The van der Waals surface area contributed by atoms with Gasteiger partial charge in [-0.2, -0.15) is 0 Å². The molecule has 0 saturated heterocycles. The third-order valence-corrected chi connectivity index (χ3v) is 8.25. The van der Waals surface area contributed by atoms with Gasteiger partial charge in [-0.1, -0.05) is 18.2 Å². The van der Waals surface area contributed by atoms with Crippen LogP contribution < -0.4 is 19.1 Å². The summed E-state index contributed by atoms with van der Waals surface area (Å²) >= 11 is 2.15. The third-order valence-electron chi connectivity index (χ3n) is 5.75. The second-order valence-electron chi connectivity index (χ2n) is 8.89. The van der Waals surface area contributed by atoms with E-state index in [1.165, 1.54) is 12.1 Å². The number of carbonyl (C=O) groups is 1. The van der Waals surface area contributed by atoms with Gasteiger partial charge in [0.1, 0.15) is 23.6 Å². The van der Waals surface area contributed by atoms with Gasteiger partial charge >= 0.3 is 0 Å². The van der Waals surface area contributed by atoms with Crippen LogP contribution in [0.3, 0.4) is 0 Å². The molecule has 0 bridgehead atoms. The van der Waals surface area contributed by atoms with Crippen LogP contribution in [0.15, 0.2) is 77.7 Å². The topological polar surface area (TPSA) is 84.9 Å². The molecule has 1 aliphatic rings. The highest BCUT2D eigenvalue weighted by molar-refractivity contribution is 14.1. The van der Waals surface area contributed by atoms with Gasteiger partial charge in [-0.25, -0.2) is 8.42 Å². The van der Waals surface area contributed by atoms with E-state index in [2.05, 4.69) is 27.9 Å². The van der Waals surface area contributed by atoms with Gasteiger partial charge in [0, 0.05) is 21.6 Å². The summed E-state index contributed by atoms with van der Waals surface area (Å²) in [5.41, 5.74) is 0.718. The molecule has 1 atom stereocenters. The number of nitrogens with zero attached hydrogens (tertiary/aromatic N) is 1. The summed E-state index contributed by atoms with van der Waals surface area (Å²) in [6, 6.07) is 20.3. The number of ether oxygens (including phenoxy) is 2. The van der Waals surface area contributed by atoms with Gasteiger partial charge in [0.2, 0.25) is 5.91 Å². The summed E-state index contributed by atoms with van der Waals surface area (Å²) in [5.74, 6) is 0.884. The van der Waals surface area contributed by atoms with Crippen molar-refractivity contribution in [3.8, 4) is 11.5 Å². The lowest BCUT2D eigenvalue weighted by Crippen LogP contribution is -2.45. The summed E-state index contributed by atoms with van der Waals surface area (Å²) in [5, 5.41) is 3.04. The maximum Gasteiger partial charge on any atom is 0.264 e. The molecule has 0 fully saturated rings. The average Bonchev–Trinajstić information content (AvgIpc) is 2.82. The number of amides is 1. The molecule has 0 spiro atoms. The second-order valence-corrected chi connectivity index (χ2v) is 12.0. The smallest absolute Gasteiger partial charge is 0.264 e. The van der Waals surface area contributed by atoms with Crippen LogP contribution in [0, 0.1) is 3.57 Å². The SMILES string of the molecule is COc1ccc2c(c1)OC(C)(C)CC2NC(=O)CN(c1ccc(I)cc1)S(=O)(=O)c1ccccc1. The first kappa shape index (κ1) is 25.3. The van der Waals surface area contributed by atoms with Crippen LogP contribution in [0.5, 0.6) is 11.5 Å². The highest BCUT2D eigenvalue weighted by Crippen LogP contribution is 2.41. The monoisotopic (exact) mass is 606 g/mol. The van der Waals surface area contributed by atoms with E-state index >= 15 is 0 Å². The van der Waals surface area contributed by atoms with E-state index in [0.717, 1.165) is 13.4 Å². The molecule has 1 unspecified atom stereocenters. The van der Waals surface area contributed by atoms with E-state index in [1.807, 2.05) is 38.1 Å². The Morgan fingerprint density at radius 3 is 2.46 bits per heavy atom. The first-order valence-corrected chi connectivity index (χ1v) is 13.6. The van der Waals surface area contributed by atoms with Crippen molar-refractivity contribution in [3.63, 3.8) is 0 Å². The Bertz CT molecular complexity index is 1310. The summed E-state index contributed by atoms with van der Waals surface area (Å²) < 4.78 is 40.6. The van der Waals surface area contributed by atoms with Crippen molar-refractivity contribution in [1.29, 1.82) is 0 Å². The standard InChI is InChI=1S/C26H27IN2O5S/c1-26(2)16-23(22-14-13-20(33-3)15-24(22)34-26)28-25(30)17-29(19-11-9-18(27)10-12-19)35(31,32)21-7-5-4-6-8-21/h4-15,23H,16-17H2,1-3H3,(H,28,30). The average molecular weight is 606 g/mol. The van der Waals surface area contributed by atoms with Crippen LogP contribution in [0.1, 0.15) is 31.9 Å². The zero-order valence-electron chi connectivity index (χ0n) is 19.7. The number of benzene rings is 3. The van der Waals surface area contributed by atoms with Crippen molar-refractivity contribution < 1.29 is 22.7 Å².